The highest BCUT2D eigenvalue weighted by molar-refractivity contribution is 9.10. The number of rotatable bonds is 2. The molecule has 0 saturated carbocycles. The molecule has 0 unspecified atom stereocenters. The molecule has 2 nitrogen and oxygen atoms in total. The molecule has 15 heavy (non-hydrogen) atoms. The predicted octanol–water partition coefficient (Wildman–Crippen LogP) is 3.47. The summed E-state index contributed by atoms with van der Waals surface area (Å²) < 4.78 is 0.910. The van der Waals surface area contributed by atoms with Gasteiger partial charge in [0, 0.05) is 22.3 Å². The van der Waals surface area contributed by atoms with Gasteiger partial charge in [0.1, 0.15) is 0 Å². The first-order valence-electron chi connectivity index (χ1n) is 4.72. The van der Waals surface area contributed by atoms with Crippen LogP contribution in [0.15, 0.2) is 29.0 Å². The maximum atomic E-state index is 11.6. The van der Waals surface area contributed by atoms with Crippen LogP contribution in [0.3, 0.4) is 0 Å². The van der Waals surface area contributed by atoms with Crippen molar-refractivity contribution in [1.29, 1.82) is 0 Å². The Balaban J connectivity index is 2.79. The van der Waals surface area contributed by atoms with E-state index in [9.17, 15) is 4.79 Å². The molecule has 0 aliphatic carbocycles. The minimum Gasteiger partial charge on any atom is -0.294 e. The van der Waals surface area contributed by atoms with Gasteiger partial charge in [-0.2, -0.15) is 0 Å². The number of allylic oxidation sites excluding steroid dienone is 1. The fourth-order valence-corrected chi connectivity index (χ4v) is 1.32. The van der Waals surface area contributed by atoms with Gasteiger partial charge >= 0.3 is 0 Å². The third kappa shape index (κ3) is 3.96. The third-order valence-corrected chi connectivity index (χ3v) is 2.33. The van der Waals surface area contributed by atoms with E-state index in [1.54, 1.807) is 24.5 Å². The van der Waals surface area contributed by atoms with Crippen molar-refractivity contribution < 1.29 is 4.79 Å². The van der Waals surface area contributed by atoms with Crippen molar-refractivity contribution in [1.82, 2.24) is 4.98 Å². The van der Waals surface area contributed by atoms with E-state index in [-0.39, 0.29) is 11.2 Å². The second kappa shape index (κ2) is 4.71. The molecule has 0 atom stereocenters. The summed E-state index contributed by atoms with van der Waals surface area (Å²) in [5, 5.41) is 0. The van der Waals surface area contributed by atoms with E-state index in [2.05, 4.69) is 20.9 Å². The monoisotopic (exact) mass is 267 g/mol. The second-order valence-corrected chi connectivity index (χ2v) is 5.30. The zero-order valence-corrected chi connectivity index (χ0v) is 10.7. The van der Waals surface area contributed by atoms with Crippen molar-refractivity contribution in [2.45, 2.75) is 20.8 Å². The summed E-state index contributed by atoms with van der Waals surface area (Å²) in [5.74, 6) is 0.113. The summed E-state index contributed by atoms with van der Waals surface area (Å²) in [6, 6.07) is 1.92. The van der Waals surface area contributed by atoms with Crippen LogP contribution < -0.4 is 0 Å². The highest BCUT2D eigenvalue weighted by atomic mass is 79.9. The number of carbonyl (C=O) groups is 1. The van der Waals surface area contributed by atoms with E-state index in [4.69, 9.17) is 0 Å². The van der Waals surface area contributed by atoms with Crippen molar-refractivity contribution in [3.05, 3.63) is 34.6 Å². The molecule has 0 amide bonds. The molecular weight excluding hydrogens is 254 g/mol. The van der Waals surface area contributed by atoms with Gasteiger partial charge in [-0.1, -0.05) is 20.8 Å². The molecule has 0 aliphatic heterocycles. The molecule has 0 radical (unpaired) electrons. The maximum Gasteiger partial charge on any atom is 0.161 e. The van der Waals surface area contributed by atoms with E-state index in [1.165, 1.54) is 0 Å². The average molecular weight is 268 g/mol. The molecule has 1 rings (SSSR count). The normalized spacial score (nSPS) is 12.0. The highest BCUT2D eigenvalue weighted by Crippen LogP contribution is 2.16. The average Bonchev–Trinajstić information content (AvgIpc) is 2.12. The van der Waals surface area contributed by atoms with E-state index >= 15 is 0 Å². The fraction of sp³-hybridized carbons (Fsp3) is 0.333. The number of carbonyl (C=O) groups excluding carboxylic acids is 1. The second-order valence-electron chi connectivity index (χ2n) is 4.38. The number of halogens is 1. The van der Waals surface area contributed by atoms with Crippen molar-refractivity contribution in [3.63, 3.8) is 0 Å². The molecular formula is C12H14BrNO. The van der Waals surface area contributed by atoms with Gasteiger partial charge in [0.25, 0.3) is 0 Å². The lowest BCUT2D eigenvalue weighted by atomic mass is 9.90. The standard InChI is InChI=1S/C12H14BrNO/c1-12(2,3)11(15)5-4-9-6-10(13)8-14-7-9/h4-8H,1-3H3/b5-4+. The van der Waals surface area contributed by atoms with Gasteiger partial charge < -0.3 is 0 Å². The molecule has 0 saturated heterocycles. The van der Waals surface area contributed by atoms with Crippen molar-refractivity contribution >= 4 is 27.8 Å². The zero-order chi connectivity index (χ0) is 11.5. The summed E-state index contributed by atoms with van der Waals surface area (Å²) in [4.78, 5) is 15.6. The first kappa shape index (κ1) is 12.1. The Morgan fingerprint density at radius 3 is 2.60 bits per heavy atom. The van der Waals surface area contributed by atoms with Crippen LogP contribution in [0.5, 0.6) is 0 Å². The molecule has 1 aromatic rings. The van der Waals surface area contributed by atoms with Gasteiger partial charge in [-0.3, -0.25) is 9.78 Å². The number of hydrogen-bond acceptors (Lipinski definition) is 2. The summed E-state index contributed by atoms with van der Waals surface area (Å²) >= 11 is 3.33. The van der Waals surface area contributed by atoms with Gasteiger partial charge in [0.2, 0.25) is 0 Å². The van der Waals surface area contributed by atoms with E-state index in [0.717, 1.165) is 10.0 Å². The number of aromatic nitrogens is 1. The molecule has 80 valence electrons. The molecule has 0 fully saturated rings. The van der Waals surface area contributed by atoms with Crippen LogP contribution in [-0.2, 0) is 4.79 Å². The first-order chi connectivity index (χ1) is 6.89. The van der Waals surface area contributed by atoms with Crippen molar-refractivity contribution in [2.24, 2.45) is 5.41 Å². The quantitative estimate of drug-likeness (QED) is 0.769. The van der Waals surface area contributed by atoms with Gasteiger partial charge in [0.05, 0.1) is 0 Å². The fourth-order valence-electron chi connectivity index (χ4n) is 0.941. The molecule has 0 N–H and O–H groups in total. The lowest BCUT2D eigenvalue weighted by Gasteiger charge is -2.12. The number of nitrogens with zero attached hydrogens (tertiary/aromatic N) is 1. The third-order valence-electron chi connectivity index (χ3n) is 1.89. The van der Waals surface area contributed by atoms with E-state index in [0.29, 0.717) is 0 Å². The summed E-state index contributed by atoms with van der Waals surface area (Å²) in [6.45, 7) is 5.70. The Morgan fingerprint density at radius 2 is 2.07 bits per heavy atom. The van der Waals surface area contributed by atoms with Gasteiger partial charge in [-0.15, -0.1) is 0 Å². The topological polar surface area (TPSA) is 30.0 Å². The van der Waals surface area contributed by atoms with E-state index in [1.807, 2.05) is 26.8 Å². The Labute approximate surface area is 98.5 Å². The summed E-state index contributed by atoms with van der Waals surface area (Å²) in [6.07, 6.45) is 6.81. The number of pyridine rings is 1. The lowest BCUT2D eigenvalue weighted by molar-refractivity contribution is -0.121. The maximum absolute atomic E-state index is 11.6. The van der Waals surface area contributed by atoms with Crippen molar-refractivity contribution in [3.8, 4) is 0 Å². The van der Waals surface area contributed by atoms with Crippen LogP contribution in [0.2, 0.25) is 0 Å². The molecule has 1 aromatic heterocycles. The Hall–Kier alpha value is -0.960. The predicted molar refractivity (Wildman–Crippen MR) is 65.4 cm³/mol. The Bertz CT molecular complexity index is 391. The first-order valence-corrected chi connectivity index (χ1v) is 5.52. The zero-order valence-electron chi connectivity index (χ0n) is 9.12. The van der Waals surface area contributed by atoms with Crippen LogP contribution in [-0.4, -0.2) is 10.8 Å². The largest absolute Gasteiger partial charge is 0.294 e. The highest BCUT2D eigenvalue weighted by Gasteiger charge is 2.17. The molecule has 1 heterocycles. The van der Waals surface area contributed by atoms with E-state index < -0.39 is 0 Å². The van der Waals surface area contributed by atoms with Crippen LogP contribution in [0.25, 0.3) is 6.08 Å². The Morgan fingerprint density at radius 1 is 1.40 bits per heavy atom. The molecule has 0 aromatic carbocycles. The van der Waals surface area contributed by atoms with Gasteiger partial charge in [-0.25, -0.2) is 0 Å². The van der Waals surface area contributed by atoms with Crippen LogP contribution in [0.1, 0.15) is 26.3 Å². The van der Waals surface area contributed by atoms with Gasteiger partial charge in [-0.05, 0) is 39.7 Å². The molecule has 0 spiro atoms. The summed E-state index contributed by atoms with van der Waals surface area (Å²) in [5.41, 5.74) is 0.595. The SMILES string of the molecule is CC(C)(C)C(=O)/C=C/c1cncc(Br)c1. The molecule has 0 aliphatic rings. The van der Waals surface area contributed by atoms with Crippen LogP contribution in [0.4, 0.5) is 0 Å². The minimum atomic E-state index is -0.323. The number of ketones is 1. The molecule has 0 bridgehead atoms. The van der Waals surface area contributed by atoms with Crippen molar-refractivity contribution in [2.75, 3.05) is 0 Å². The smallest absolute Gasteiger partial charge is 0.161 e. The Kier molecular flexibility index (Phi) is 3.80. The molecule has 3 heteroatoms. The number of hydrogen-bond donors (Lipinski definition) is 0. The minimum absolute atomic E-state index is 0.113. The lowest BCUT2D eigenvalue weighted by Crippen LogP contribution is -2.17. The van der Waals surface area contributed by atoms with Crippen LogP contribution in [0, 0.1) is 5.41 Å². The van der Waals surface area contributed by atoms with Gasteiger partial charge in [0.15, 0.2) is 5.78 Å². The summed E-state index contributed by atoms with van der Waals surface area (Å²) in [7, 11) is 0. The van der Waals surface area contributed by atoms with Crippen LogP contribution >= 0.6 is 15.9 Å².